The first-order valence-electron chi connectivity index (χ1n) is 8.66. The molecule has 134 valence electrons. The lowest BCUT2D eigenvalue weighted by atomic mass is 10.0. The Labute approximate surface area is 149 Å². The van der Waals surface area contributed by atoms with Gasteiger partial charge in [-0.2, -0.15) is 0 Å². The number of anilines is 1. The predicted octanol–water partition coefficient (Wildman–Crippen LogP) is 2.99. The molecule has 0 bridgehead atoms. The number of ether oxygens (including phenoxy) is 2. The van der Waals surface area contributed by atoms with Crippen molar-refractivity contribution < 1.29 is 14.3 Å². The van der Waals surface area contributed by atoms with E-state index in [1.54, 1.807) is 0 Å². The van der Waals surface area contributed by atoms with Gasteiger partial charge < -0.3 is 20.1 Å². The van der Waals surface area contributed by atoms with Gasteiger partial charge in [0.15, 0.2) is 0 Å². The molecule has 24 heavy (non-hydrogen) atoms. The fourth-order valence-electron chi connectivity index (χ4n) is 3.07. The summed E-state index contributed by atoms with van der Waals surface area (Å²) in [6.45, 7) is 3.35. The number of nitrogens with one attached hydrogen (secondary N) is 2. The number of piperidine rings is 1. The lowest BCUT2D eigenvalue weighted by Gasteiger charge is -2.23. The molecule has 2 saturated heterocycles. The van der Waals surface area contributed by atoms with Crippen LogP contribution in [0.15, 0.2) is 24.3 Å². The highest BCUT2D eigenvalue weighted by Crippen LogP contribution is 2.20. The van der Waals surface area contributed by atoms with Crippen molar-refractivity contribution in [3.63, 3.8) is 0 Å². The lowest BCUT2D eigenvalue weighted by Crippen LogP contribution is -2.43. The van der Waals surface area contributed by atoms with E-state index < -0.39 is 0 Å². The van der Waals surface area contributed by atoms with Crippen LogP contribution in [-0.2, 0) is 9.53 Å². The minimum atomic E-state index is -0.0619. The van der Waals surface area contributed by atoms with Crippen LogP contribution >= 0.6 is 12.4 Å². The third-order valence-corrected chi connectivity index (χ3v) is 4.58. The van der Waals surface area contributed by atoms with Crippen LogP contribution in [-0.4, -0.2) is 38.3 Å². The van der Waals surface area contributed by atoms with E-state index in [4.69, 9.17) is 9.47 Å². The molecular formula is C18H27ClN2O3. The Morgan fingerprint density at radius 1 is 1.17 bits per heavy atom. The van der Waals surface area contributed by atoms with Gasteiger partial charge in [0.2, 0.25) is 5.91 Å². The average Bonchev–Trinajstić information content (AvgIpc) is 2.63. The molecule has 1 aromatic carbocycles. The molecule has 1 amide bonds. The Bertz CT molecular complexity index is 497. The highest BCUT2D eigenvalue weighted by atomic mass is 35.5. The number of carbonyl (C=O) groups is 1. The minimum absolute atomic E-state index is 0. The zero-order chi connectivity index (χ0) is 15.9. The van der Waals surface area contributed by atoms with Crippen molar-refractivity contribution >= 4 is 24.0 Å². The average molecular weight is 355 g/mol. The van der Waals surface area contributed by atoms with Crippen LogP contribution in [0.5, 0.6) is 5.75 Å². The fraction of sp³-hybridized carbons (Fsp3) is 0.611. The van der Waals surface area contributed by atoms with Crippen molar-refractivity contribution in [3.05, 3.63) is 24.3 Å². The number of rotatable bonds is 5. The summed E-state index contributed by atoms with van der Waals surface area (Å²) >= 11 is 0. The van der Waals surface area contributed by atoms with Crippen molar-refractivity contribution in [2.75, 3.05) is 31.7 Å². The van der Waals surface area contributed by atoms with Crippen LogP contribution < -0.4 is 15.4 Å². The van der Waals surface area contributed by atoms with E-state index >= 15 is 0 Å². The van der Waals surface area contributed by atoms with Gasteiger partial charge in [-0.1, -0.05) is 6.42 Å². The standard InChI is InChI=1S/C18H26N2O3.ClH/c21-18(17-3-1-2-10-19-17)20-15-4-6-16(7-5-15)23-13-14-8-11-22-12-9-14;/h4-7,14,17,19H,1-3,8-13H2,(H,20,21);1H. The Kier molecular flexibility index (Phi) is 7.82. The summed E-state index contributed by atoms with van der Waals surface area (Å²) in [4.78, 5) is 12.2. The van der Waals surface area contributed by atoms with Crippen molar-refractivity contribution in [2.24, 2.45) is 5.92 Å². The molecule has 0 saturated carbocycles. The van der Waals surface area contributed by atoms with Crippen LogP contribution in [0.2, 0.25) is 0 Å². The third kappa shape index (κ3) is 5.65. The maximum atomic E-state index is 12.2. The largest absolute Gasteiger partial charge is 0.493 e. The van der Waals surface area contributed by atoms with E-state index in [1.807, 2.05) is 24.3 Å². The summed E-state index contributed by atoms with van der Waals surface area (Å²) in [5.74, 6) is 1.49. The summed E-state index contributed by atoms with van der Waals surface area (Å²) in [5.41, 5.74) is 0.820. The lowest BCUT2D eigenvalue weighted by molar-refractivity contribution is -0.118. The molecule has 2 aliphatic rings. The van der Waals surface area contributed by atoms with E-state index in [2.05, 4.69) is 10.6 Å². The van der Waals surface area contributed by atoms with Crippen LogP contribution in [0.3, 0.4) is 0 Å². The van der Waals surface area contributed by atoms with E-state index in [1.165, 1.54) is 0 Å². The Balaban J connectivity index is 0.00000208. The summed E-state index contributed by atoms with van der Waals surface area (Å²) in [6, 6.07) is 7.58. The molecule has 1 aromatic rings. The van der Waals surface area contributed by atoms with Gasteiger partial charge >= 0.3 is 0 Å². The molecule has 1 atom stereocenters. The quantitative estimate of drug-likeness (QED) is 0.853. The summed E-state index contributed by atoms with van der Waals surface area (Å²) in [5, 5.41) is 6.23. The highest BCUT2D eigenvalue weighted by molar-refractivity contribution is 5.94. The normalized spacial score (nSPS) is 21.6. The molecular weight excluding hydrogens is 328 g/mol. The predicted molar refractivity (Wildman–Crippen MR) is 97.0 cm³/mol. The molecule has 5 nitrogen and oxygen atoms in total. The molecule has 1 unspecified atom stereocenters. The van der Waals surface area contributed by atoms with Gasteiger partial charge in [0.1, 0.15) is 5.75 Å². The van der Waals surface area contributed by atoms with Gasteiger partial charge in [-0.3, -0.25) is 4.79 Å². The molecule has 6 heteroatoms. The first-order valence-corrected chi connectivity index (χ1v) is 8.66. The number of benzene rings is 1. The Morgan fingerprint density at radius 3 is 2.58 bits per heavy atom. The second-order valence-electron chi connectivity index (χ2n) is 6.38. The van der Waals surface area contributed by atoms with Gasteiger partial charge in [0.05, 0.1) is 12.6 Å². The van der Waals surface area contributed by atoms with Crippen LogP contribution in [0, 0.1) is 5.92 Å². The number of amides is 1. The van der Waals surface area contributed by atoms with Gasteiger partial charge in [-0.05, 0) is 62.4 Å². The Morgan fingerprint density at radius 2 is 1.92 bits per heavy atom. The van der Waals surface area contributed by atoms with E-state index in [0.29, 0.717) is 5.92 Å². The summed E-state index contributed by atoms with van der Waals surface area (Å²) in [6.07, 6.45) is 5.33. The number of hydrogen-bond donors (Lipinski definition) is 2. The van der Waals surface area contributed by atoms with Crippen molar-refractivity contribution in [1.82, 2.24) is 5.32 Å². The molecule has 0 radical (unpaired) electrons. The maximum Gasteiger partial charge on any atom is 0.241 e. The second kappa shape index (κ2) is 9.87. The fourth-order valence-corrected chi connectivity index (χ4v) is 3.07. The third-order valence-electron chi connectivity index (χ3n) is 4.58. The van der Waals surface area contributed by atoms with Gasteiger partial charge in [0, 0.05) is 18.9 Å². The zero-order valence-corrected chi connectivity index (χ0v) is 14.8. The molecule has 0 spiro atoms. The minimum Gasteiger partial charge on any atom is -0.493 e. The van der Waals surface area contributed by atoms with Crippen molar-refractivity contribution in [1.29, 1.82) is 0 Å². The summed E-state index contributed by atoms with van der Waals surface area (Å²) < 4.78 is 11.2. The van der Waals surface area contributed by atoms with Gasteiger partial charge in [-0.25, -0.2) is 0 Å². The van der Waals surface area contributed by atoms with Crippen LogP contribution in [0.25, 0.3) is 0 Å². The summed E-state index contributed by atoms with van der Waals surface area (Å²) in [7, 11) is 0. The monoisotopic (exact) mass is 354 g/mol. The van der Waals surface area contributed by atoms with E-state index in [9.17, 15) is 4.79 Å². The molecule has 2 fully saturated rings. The first kappa shape index (κ1) is 19.0. The molecule has 2 aliphatic heterocycles. The number of halogens is 1. The topological polar surface area (TPSA) is 59.6 Å². The number of hydrogen-bond acceptors (Lipinski definition) is 4. The molecule has 2 N–H and O–H groups in total. The molecule has 2 heterocycles. The van der Waals surface area contributed by atoms with Gasteiger partial charge in [-0.15, -0.1) is 12.4 Å². The highest BCUT2D eigenvalue weighted by Gasteiger charge is 2.20. The van der Waals surface area contributed by atoms with E-state index in [0.717, 1.165) is 69.9 Å². The smallest absolute Gasteiger partial charge is 0.241 e. The Hall–Kier alpha value is -1.30. The van der Waals surface area contributed by atoms with E-state index in [-0.39, 0.29) is 24.4 Å². The molecule has 3 rings (SSSR count). The maximum absolute atomic E-state index is 12.2. The molecule has 0 aromatic heterocycles. The zero-order valence-electron chi connectivity index (χ0n) is 14.0. The second-order valence-corrected chi connectivity index (χ2v) is 6.38. The van der Waals surface area contributed by atoms with Crippen LogP contribution in [0.4, 0.5) is 5.69 Å². The van der Waals surface area contributed by atoms with Gasteiger partial charge in [0.25, 0.3) is 0 Å². The first-order chi connectivity index (χ1) is 11.3. The molecule has 0 aliphatic carbocycles. The van der Waals surface area contributed by atoms with Crippen molar-refractivity contribution in [2.45, 2.75) is 38.1 Å². The number of carbonyl (C=O) groups excluding carboxylic acids is 1. The van der Waals surface area contributed by atoms with Crippen molar-refractivity contribution in [3.8, 4) is 5.75 Å². The SMILES string of the molecule is Cl.O=C(Nc1ccc(OCC2CCOCC2)cc1)C1CCCCN1. The van der Waals surface area contributed by atoms with Crippen LogP contribution in [0.1, 0.15) is 32.1 Å².